The van der Waals surface area contributed by atoms with Gasteiger partial charge in [0.15, 0.2) is 5.82 Å². The van der Waals surface area contributed by atoms with E-state index in [0.29, 0.717) is 11.0 Å². The zero-order valence-electron chi connectivity index (χ0n) is 13.0. The largest absolute Gasteiger partial charge is 0.349 e. The first-order chi connectivity index (χ1) is 10.5. The minimum Gasteiger partial charge on any atom is -0.349 e. The molecule has 0 saturated carbocycles. The SMILES string of the molecule is CC(C)c1nnc(SCC(=O)N[C@@H](C)c2ccccc2)n1N. The third kappa shape index (κ3) is 4.00. The first-order valence-corrected chi connectivity index (χ1v) is 8.15. The molecule has 7 heteroatoms. The van der Waals surface area contributed by atoms with Crippen LogP contribution in [0.3, 0.4) is 0 Å². The number of carbonyl (C=O) groups is 1. The van der Waals surface area contributed by atoms with Gasteiger partial charge >= 0.3 is 0 Å². The number of hydrogen-bond acceptors (Lipinski definition) is 5. The van der Waals surface area contributed by atoms with Gasteiger partial charge in [0.2, 0.25) is 11.1 Å². The number of thioether (sulfide) groups is 1. The molecule has 0 radical (unpaired) electrons. The minimum atomic E-state index is -0.0598. The van der Waals surface area contributed by atoms with Gasteiger partial charge in [0.05, 0.1) is 11.8 Å². The van der Waals surface area contributed by atoms with Crippen molar-refractivity contribution in [1.82, 2.24) is 20.2 Å². The lowest BCUT2D eigenvalue weighted by molar-refractivity contribution is -0.119. The molecule has 0 saturated heterocycles. The fraction of sp³-hybridized carbons (Fsp3) is 0.400. The van der Waals surface area contributed by atoms with Crippen molar-refractivity contribution in [1.29, 1.82) is 0 Å². The van der Waals surface area contributed by atoms with Crippen molar-refractivity contribution >= 4 is 17.7 Å². The Morgan fingerprint density at radius 1 is 1.27 bits per heavy atom. The molecule has 0 aliphatic rings. The van der Waals surface area contributed by atoms with Gasteiger partial charge in [-0.2, -0.15) is 0 Å². The molecule has 2 aromatic rings. The molecule has 0 spiro atoms. The molecule has 3 N–H and O–H groups in total. The van der Waals surface area contributed by atoms with Crippen LogP contribution in [0.5, 0.6) is 0 Å². The summed E-state index contributed by atoms with van der Waals surface area (Å²) in [5.74, 6) is 7.02. The predicted octanol–water partition coefficient (Wildman–Crippen LogP) is 2.08. The summed E-state index contributed by atoms with van der Waals surface area (Å²) in [5, 5.41) is 11.6. The molecule has 118 valence electrons. The number of rotatable bonds is 6. The van der Waals surface area contributed by atoms with E-state index in [-0.39, 0.29) is 23.6 Å². The summed E-state index contributed by atoms with van der Waals surface area (Å²) in [6.07, 6.45) is 0. The summed E-state index contributed by atoms with van der Waals surface area (Å²) in [6.45, 7) is 5.95. The third-order valence-corrected chi connectivity index (χ3v) is 4.16. The van der Waals surface area contributed by atoms with Gasteiger partial charge in [-0.25, -0.2) is 4.68 Å². The van der Waals surface area contributed by atoms with Crippen LogP contribution in [0.2, 0.25) is 0 Å². The number of nitrogens with one attached hydrogen (secondary N) is 1. The average molecular weight is 319 g/mol. The molecule has 1 aromatic heterocycles. The van der Waals surface area contributed by atoms with Gasteiger partial charge in [-0.3, -0.25) is 4.79 Å². The lowest BCUT2D eigenvalue weighted by atomic mass is 10.1. The fourth-order valence-corrected chi connectivity index (χ4v) is 2.69. The lowest BCUT2D eigenvalue weighted by Crippen LogP contribution is -2.28. The third-order valence-electron chi connectivity index (χ3n) is 3.22. The number of carbonyl (C=O) groups excluding carboxylic acids is 1. The molecule has 22 heavy (non-hydrogen) atoms. The van der Waals surface area contributed by atoms with Crippen LogP contribution in [0.1, 0.15) is 44.1 Å². The Hall–Kier alpha value is -2.02. The smallest absolute Gasteiger partial charge is 0.230 e. The Morgan fingerprint density at radius 3 is 2.55 bits per heavy atom. The molecular weight excluding hydrogens is 298 g/mol. The van der Waals surface area contributed by atoms with Crippen LogP contribution < -0.4 is 11.2 Å². The molecule has 0 aliphatic heterocycles. The van der Waals surface area contributed by atoms with Crippen LogP contribution in [-0.4, -0.2) is 26.5 Å². The molecule has 1 aromatic carbocycles. The van der Waals surface area contributed by atoms with Gasteiger partial charge in [0.1, 0.15) is 0 Å². The molecule has 1 heterocycles. The zero-order chi connectivity index (χ0) is 16.1. The number of amides is 1. The topological polar surface area (TPSA) is 85.8 Å². The number of nitrogens with two attached hydrogens (primary N) is 1. The van der Waals surface area contributed by atoms with Gasteiger partial charge < -0.3 is 11.2 Å². The molecule has 0 bridgehead atoms. The van der Waals surface area contributed by atoms with Crippen molar-refractivity contribution in [2.45, 2.75) is 37.9 Å². The van der Waals surface area contributed by atoms with Crippen LogP contribution in [0.25, 0.3) is 0 Å². The van der Waals surface area contributed by atoms with Crippen LogP contribution >= 0.6 is 11.8 Å². The van der Waals surface area contributed by atoms with Crippen molar-refractivity contribution in [3.05, 3.63) is 41.7 Å². The van der Waals surface area contributed by atoms with Crippen molar-refractivity contribution in [2.24, 2.45) is 0 Å². The van der Waals surface area contributed by atoms with Gasteiger partial charge in [-0.05, 0) is 12.5 Å². The molecule has 0 fully saturated rings. The van der Waals surface area contributed by atoms with Gasteiger partial charge in [0, 0.05) is 5.92 Å². The Labute approximate surface area is 134 Å². The molecule has 1 atom stereocenters. The Morgan fingerprint density at radius 2 is 1.95 bits per heavy atom. The van der Waals surface area contributed by atoms with Crippen LogP contribution in [0.4, 0.5) is 0 Å². The van der Waals surface area contributed by atoms with Crippen LogP contribution in [0, 0.1) is 0 Å². The number of nitrogen functional groups attached to an aromatic ring is 1. The quantitative estimate of drug-likeness (QED) is 0.629. The highest BCUT2D eigenvalue weighted by molar-refractivity contribution is 7.99. The number of aromatic nitrogens is 3. The van der Waals surface area contributed by atoms with Gasteiger partial charge in [-0.1, -0.05) is 55.9 Å². The van der Waals surface area contributed by atoms with E-state index in [4.69, 9.17) is 5.84 Å². The standard InChI is InChI=1S/C15H21N5OS/c1-10(2)14-18-19-15(20(14)16)22-9-13(21)17-11(3)12-7-5-4-6-8-12/h4-8,10-11H,9,16H2,1-3H3,(H,17,21)/t11-/m0/s1. The van der Waals surface area contributed by atoms with Gasteiger partial charge in [0.25, 0.3) is 0 Å². The second-order valence-electron chi connectivity index (χ2n) is 5.35. The lowest BCUT2D eigenvalue weighted by Gasteiger charge is -2.14. The second kappa shape index (κ2) is 7.31. The van der Waals surface area contributed by atoms with E-state index in [1.807, 2.05) is 51.1 Å². The molecule has 0 unspecified atom stereocenters. The Bertz CT molecular complexity index is 626. The Balaban J connectivity index is 1.88. The molecule has 2 rings (SSSR count). The van der Waals surface area contributed by atoms with Gasteiger partial charge in [-0.15, -0.1) is 10.2 Å². The maximum absolute atomic E-state index is 12.0. The van der Waals surface area contributed by atoms with E-state index in [9.17, 15) is 4.79 Å². The summed E-state index contributed by atoms with van der Waals surface area (Å²) in [6, 6.07) is 9.81. The second-order valence-corrected chi connectivity index (χ2v) is 6.30. The molecule has 1 amide bonds. The summed E-state index contributed by atoms with van der Waals surface area (Å²) in [5.41, 5.74) is 1.07. The average Bonchev–Trinajstić information content (AvgIpc) is 2.87. The van der Waals surface area contributed by atoms with Crippen LogP contribution in [0.15, 0.2) is 35.5 Å². The first kappa shape index (κ1) is 16.4. The van der Waals surface area contributed by atoms with Crippen molar-refractivity contribution in [2.75, 3.05) is 11.6 Å². The monoisotopic (exact) mass is 319 g/mol. The van der Waals surface area contributed by atoms with Crippen molar-refractivity contribution in [3.63, 3.8) is 0 Å². The molecular formula is C15H21N5OS. The summed E-state index contributed by atoms with van der Waals surface area (Å²) >= 11 is 1.28. The van der Waals surface area contributed by atoms with E-state index in [2.05, 4.69) is 15.5 Å². The molecule has 0 aliphatic carbocycles. The molecule has 6 nitrogen and oxygen atoms in total. The number of benzene rings is 1. The van der Waals surface area contributed by atoms with Crippen molar-refractivity contribution in [3.8, 4) is 0 Å². The van der Waals surface area contributed by atoms with E-state index < -0.39 is 0 Å². The van der Waals surface area contributed by atoms with Crippen molar-refractivity contribution < 1.29 is 4.79 Å². The maximum atomic E-state index is 12.0. The van der Waals surface area contributed by atoms with E-state index >= 15 is 0 Å². The fourth-order valence-electron chi connectivity index (χ4n) is 2.02. The van der Waals surface area contributed by atoms with E-state index in [1.165, 1.54) is 16.4 Å². The van der Waals surface area contributed by atoms with E-state index in [0.717, 1.165) is 5.56 Å². The zero-order valence-corrected chi connectivity index (χ0v) is 13.8. The summed E-state index contributed by atoms with van der Waals surface area (Å²) in [4.78, 5) is 12.0. The number of hydrogen-bond donors (Lipinski definition) is 2. The highest BCUT2D eigenvalue weighted by Gasteiger charge is 2.15. The maximum Gasteiger partial charge on any atom is 0.230 e. The Kier molecular flexibility index (Phi) is 5.43. The number of nitrogens with zero attached hydrogens (tertiary/aromatic N) is 3. The summed E-state index contributed by atoms with van der Waals surface area (Å²) < 4.78 is 1.45. The minimum absolute atomic E-state index is 0.0312. The normalized spacial score (nSPS) is 12.4. The predicted molar refractivity (Wildman–Crippen MR) is 88.0 cm³/mol. The van der Waals surface area contributed by atoms with E-state index in [1.54, 1.807) is 0 Å². The first-order valence-electron chi connectivity index (χ1n) is 7.16. The highest BCUT2D eigenvalue weighted by atomic mass is 32.2. The summed E-state index contributed by atoms with van der Waals surface area (Å²) in [7, 11) is 0. The highest BCUT2D eigenvalue weighted by Crippen LogP contribution is 2.19. The van der Waals surface area contributed by atoms with Crippen LogP contribution in [-0.2, 0) is 4.79 Å².